The number of benzene rings is 1. The molecule has 0 aromatic heterocycles. The Balaban J connectivity index is 1.79. The van der Waals surface area contributed by atoms with Crippen molar-refractivity contribution < 1.29 is 9.13 Å². The second-order valence-corrected chi connectivity index (χ2v) is 7.18. The van der Waals surface area contributed by atoms with Crippen LogP contribution in [0.3, 0.4) is 0 Å². The van der Waals surface area contributed by atoms with Crippen LogP contribution in [0.4, 0.5) is 4.39 Å². The molecule has 0 N–H and O–H groups in total. The molecule has 3 atom stereocenters. The Bertz CT molecular complexity index is 656. The molecule has 1 aromatic carbocycles. The lowest BCUT2D eigenvalue weighted by atomic mass is 9.71. The summed E-state index contributed by atoms with van der Waals surface area (Å²) in [7, 11) is 2.18. The Labute approximate surface area is 128 Å². The van der Waals surface area contributed by atoms with Crippen LogP contribution in [-0.4, -0.2) is 30.2 Å². The molecule has 3 aliphatic rings. The van der Waals surface area contributed by atoms with E-state index < -0.39 is 5.69 Å². The fourth-order valence-corrected chi connectivity index (χ4v) is 4.48. The number of allylic oxidation sites excluding steroid dienone is 2. The minimum absolute atomic E-state index is 0.0122. The van der Waals surface area contributed by atoms with Gasteiger partial charge in [-0.15, -0.1) is 0 Å². The zero-order chi connectivity index (χ0) is 14.6. The number of likely N-dealkylation sites (N-methyl/N-ethyl adjacent to an activating group) is 1. The van der Waals surface area contributed by atoms with Gasteiger partial charge in [-0.2, -0.15) is 4.39 Å². The van der Waals surface area contributed by atoms with Gasteiger partial charge in [-0.1, -0.05) is 29.9 Å². The van der Waals surface area contributed by atoms with Crippen LogP contribution < -0.4 is 4.74 Å². The summed E-state index contributed by atoms with van der Waals surface area (Å²) in [6, 6.07) is 6.52. The highest BCUT2D eigenvalue weighted by atomic mass is 32.2. The van der Waals surface area contributed by atoms with Crippen molar-refractivity contribution >= 4 is 11.8 Å². The fourth-order valence-electron chi connectivity index (χ4n) is 3.71. The Morgan fingerprint density at radius 3 is 3.14 bits per heavy atom. The molecule has 21 heavy (non-hydrogen) atoms. The minimum Gasteiger partial charge on any atom is -0.450 e. The first-order valence-corrected chi connectivity index (χ1v) is 8.16. The van der Waals surface area contributed by atoms with Gasteiger partial charge in [0.25, 0.3) is 5.69 Å². The van der Waals surface area contributed by atoms with E-state index in [1.54, 1.807) is 0 Å². The van der Waals surface area contributed by atoms with Crippen molar-refractivity contribution in [1.29, 1.82) is 0 Å². The molecule has 0 bridgehead atoms. The van der Waals surface area contributed by atoms with Crippen molar-refractivity contribution in [2.24, 2.45) is 0 Å². The summed E-state index contributed by atoms with van der Waals surface area (Å²) < 4.78 is 18.5. The highest BCUT2D eigenvalue weighted by Gasteiger charge is 2.46. The van der Waals surface area contributed by atoms with Crippen LogP contribution in [0.5, 0.6) is 5.75 Å². The van der Waals surface area contributed by atoms with Crippen LogP contribution in [0, 0.1) is 0 Å². The monoisotopic (exact) mass is 303 g/mol. The number of halogens is 1. The Morgan fingerprint density at radius 2 is 2.29 bits per heavy atom. The summed E-state index contributed by atoms with van der Waals surface area (Å²) in [5.41, 5.74) is 1.32. The molecule has 0 amide bonds. The largest absolute Gasteiger partial charge is 0.450 e. The molecule has 2 nitrogen and oxygen atoms in total. The lowest BCUT2D eigenvalue weighted by molar-refractivity contribution is 0.161. The van der Waals surface area contributed by atoms with Crippen LogP contribution in [0.25, 0.3) is 0 Å². The smallest absolute Gasteiger partial charge is 0.291 e. The van der Waals surface area contributed by atoms with E-state index in [-0.39, 0.29) is 5.41 Å². The third kappa shape index (κ3) is 1.96. The molecule has 4 rings (SSSR count). The minimum atomic E-state index is -1.26. The maximum atomic E-state index is 13.4. The predicted molar refractivity (Wildman–Crippen MR) is 83.4 cm³/mol. The number of thioether (sulfide) groups is 1. The van der Waals surface area contributed by atoms with Gasteiger partial charge in [0.2, 0.25) is 0 Å². The van der Waals surface area contributed by atoms with Crippen molar-refractivity contribution in [3.8, 4) is 5.75 Å². The second kappa shape index (κ2) is 4.62. The molecular formula is C17H18FNOS. The highest BCUT2D eigenvalue weighted by molar-refractivity contribution is 8.00. The average Bonchev–Trinajstić information content (AvgIpc) is 2.99. The number of hydrogen-bond acceptors (Lipinski definition) is 3. The molecule has 1 unspecified atom stereocenters. The molecule has 2 aliphatic heterocycles. The lowest BCUT2D eigenvalue weighted by Crippen LogP contribution is -2.39. The molecule has 1 aliphatic carbocycles. The van der Waals surface area contributed by atoms with Gasteiger partial charge in [0.1, 0.15) is 5.75 Å². The number of hydrogen-bond donors (Lipinski definition) is 0. The molecule has 2 heterocycles. The van der Waals surface area contributed by atoms with E-state index in [1.807, 2.05) is 6.07 Å². The average molecular weight is 303 g/mol. The summed E-state index contributed by atoms with van der Waals surface area (Å²) in [5.74, 6) is 0.669. The maximum absolute atomic E-state index is 13.4. The van der Waals surface area contributed by atoms with Crippen molar-refractivity contribution in [2.45, 2.75) is 35.4 Å². The van der Waals surface area contributed by atoms with Crippen LogP contribution in [0.2, 0.25) is 0 Å². The van der Waals surface area contributed by atoms with Gasteiger partial charge < -0.3 is 4.74 Å². The summed E-state index contributed by atoms with van der Waals surface area (Å²) in [6.45, 7) is 3.22. The highest BCUT2D eigenvalue weighted by Crippen LogP contribution is 2.48. The van der Waals surface area contributed by atoms with Crippen LogP contribution in [0.15, 0.2) is 46.9 Å². The van der Waals surface area contributed by atoms with E-state index in [0.717, 1.165) is 29.6 Å². The first-order chi connectivity index (χ1) is 10.1. The van der Waals surface area contributed by atoms with Gasteiger partial charge in [-0.05, 0) is 56.4 Å². The molecule has 1 saturated heterocycles. The molecule has 1 aromatic rings. The van der Waals surface area contributed by atoms with Crippen LogP contribution >= 0.6 is 11.8 Å². The predicted octanol–water partition coefficient (Wildman–Crippen LogP) is 3.88. The number of rotatable bonds is 1. The first kappa shape index (κ1) is 13.4. The van der Waals surface area contributed by atoms with E-state index in [0.29, 0.717) is 11.8 Å². The number of likely N-dealkylation sites (tertiary alicyclic amines) is 1. The Kier molecular flexibility index (Phi) is 2.95. The summed E-state index contributed by atoms with van der Waals surface area (Å²) >= 11 is 1.16. The standard InChI is InChI=1S/C17H18FNOS/c1-11-5-6-17(7-8-19(2)15(17)9-11)12-3-4-13-14(10-12)21-16(18)20-13/h3-6,9-10,15-16H,7-8H2,1-2H3/t15-,16?,17-/m0/s1. The lowest BCUT2D eigenvalue weighted by Gasteiger charge is -2.36. The van der Waals surface area contributed by atoms with Crippen molar-refractivity contribution in [1.82, 2.24) is 4.90 Å². The maximum Gasteiger partial charge on any atom is 0.291 e. The second-order valence-electron chi connectivity index (χ2n) is 6.13. The Hall–Kier alpha value is -1.26. The summed E-state index contributed by atoms with van der Waals surface area (Å²) in [6.07, 6.45) is 8.00. The molecule has 0 spiro atoms. The molecule has 110 valence electrons. The fraction of sp³-hybridized carbons (Fsp3) is 0.412. The van der Waals surface area contributed by atoms with E-state index in [2.05, 4.69) is 49.2 Å². The van der Waals surface area contributed by atoms with E-state index >= 15 is 0 Å². The molecule has 4 heteroatoms. The SMILES string of the molecule is CC1=C[C@@H]2N(C)CC[C@]2(c2ccc3c(c2)SC(F)O3)C=C1. The van der Waals surface area contributed by atoms with Crippen LogP contribution in [0.1, 0.15) is 18.9 Å². The Morgan fingerprint density at radius 1 is 1.43 bits per heavy atom. The number of alkyl halides is 1. The number of ether oxygens (including phenoxy) is 1. The third-order valence-corrected chi connectivity index (χ3v) is 5.72. The first-order valence-electron chi connectivity index (χ1n) is 7.28. The molecule has 0 radical (unpaired) electrons. The van der Waals surface area contributed by atoms with E-state index in [1.165, 1.54) is 11.1 Å². The normalized spacial score (nSPS) is 34.3. The summed E-state index contributed by atoms with van der Waals surface area (Å²) in [5, 5.41) is 0. The van der Waals surface area contributed by atoms with Gasteiger partial charge in [0.15, 0.2) is 0 Å². The zero-order valence-corrected chi connectivity index (χ0v) is 13.0. The van der Waals surface area contributed by atoms with Crippen molar-refractivity contribution in [3.63, 3.8) is 0 Å². The van der Waals surface area contributed by atoms with Gasteiger partial charge >= 0.3 is 0 Å². The molecule has 1 fully saturated rings. The van der Waals surface area contributed by atoms with Crippen molar-refractivity contribution in [2.75, 3.05) is 13.6 Å². The van der Waals surface area contributed by atoms with Crippen molar-refractivity contribution in [3.05, 3.63) is 47.6 Å². The molecule has 0 saturated carbocycles. The zero-order valence-electron chi connectivity index (χ0n) is 12.2. The van der Waals surface area contributed by atoms with Gasteiger partial charge in [0.05, 0.1) is 4.90 Å². The number of nitrogens with zero attached hydrogens (tertiary/aromatic N) is 1. The topological polar surface area (TPSA) is 12.5 Å². The third-order valence-electron chi connectivity index (χ3n) is 4.87. The number of fused-ring (bicyclic) bond motifs is 2. The summed E-state index contributed by atoms with van der Waals surface area (Å²) in [4.78, 5) is 3.32. The quantitative estimate of drug-likeness (QED) is 0.781. The van der Waals surface area contributed by atoms with E-state index in [9.17, 15) is 4.39 Å². The van der Waals surface area contributed by atoms with Gasteiger partial charge in [-0.25, -0.2) is 0 Å². The molecular weight excluding hydrogens is 285 g/mol. The van der Waals surface area contributed by atoms with Gasteiger partial charge in [0, 0.05) is 11.5 Å². The van der Waals surface area contributed by atoms with Crippen LogP contribution in [-0.2, 0) is 5.41 Å². The van der Waals surface area contributed by atoms with E-state index in [4.69, 9.17) is 4.74 Å². The van der Waals surface area contributed by atoms with Gasteiger partial charge in [-0.3, -0.25) is 4.90 Å².